The van der Waals surface area contributed by atoms with Gasteiger partial charge < -0.3 is 19.8 Å². The van der Waals surface area contributed by atoms with Crippen molar-refractivity contribution in [3.63, 3.8) is 0 Å². The molecule has 0 heterocycles. The van der Waals surface area contributed by atoms with Gasteiger partial charge >= 0.3 is 118 Å². The number of carboxylic acids is 2. The molecule has 4 nitrogen and oxygen atoms in total. The van der Waals surface area contributed by atoms with Gasteiger partial charge in [-0.25, -0.2) is 0 Å². The zero-order valence-electron chi connectivity index (χ0n) is 30.5. The molecule has 0 N–H and O–H groups in total. The third-order valence-corrected chi connectivity index (χ3v) is 11.9. The maximum Gasteiger partial charge on any atom is 2.00 e. The summed E-state index contributed by atoms with van der Waals surface area (Å²) in [6.07, 6.45) is 36.9. The van der Waals surface area contributed by atoms with Gasteiger partial charge in [-0.1, -0.05) is 155 Å². The normalized spacial score (nSPS) is 10.3. The van der Waals surface area contributed by atoms with Gasteiger partial charge in [0.2, 0.25) is 0 Å². The molecule has 0 unspecified atom stereocenters. The molecule has 0 aliphatic heterocycles. The van der Waals surface area contributed by atoms with Crippen LogP contribution >= 0.6 is 0 Å². The van der Waals surface area contributed by atoms with E-state index in [1.165, 1.54) is 154 Å². The zero-order chi connectivity index (χ0) is 32.5. The van der Waals surface area contributed by atoms with Gasteiger partial charge in [-0.05, 0) is 25.7 Å². The van der Waals surface area contributed by atoms with Crippen molar-refractivity contribution < 1.29 is 19.8 Å². The molecule has 0 bridgehead atoms. The van der Waals surface area contributed by atoms with Crippen molar-refractivity contribution in [1.82, 2.24) is 0 Å². The van der Waals surface area contributed by atoms with E-state index in [1.54, 1.807) is 8.87 Å². The Morgan fingerprint density at radius 1 is 0.364 bits per heavy atom. The van der Waals surface area contributed by atoms with Crippen LogP contribution in [0.1, 0.15) is 220 Å². The number of hydrogen-bond donors (Lipinski definition) is 0. The van der Waals surface area contributed by atoms with Gasteiger partial charge in [0.05, 0.1) is 0 Å². The fraction of sp³-hybridized carbons (Fsp3) is 0.947. The van der Waals surface area contributed by atoms with Crippen molar-refractivity contribution in [2.24, 2.45) is 0 Å². The van der Waals surface area contributed by atoms with E-state index >= 15 is 0 Å². The van der Waals surface area contributed by atoms with E-state index in [0.717, 1.165) is 25.7 Å². The van der Waals surface area contributed by atoms with Crippen LogP contribution in [0.25, 0.3) is 0 Å². The summed E-state index contributed by atoms with van der Waals surface area (Å²) in [4.78, 5) is 20.3. The largest absolute Gasteiger partial charge is 2.00 e. The van der Waals surface area contributed by atoms with Gasteiger partial charge in [0.15, 0.2) is 0 Å². The summed E-state index contributed by atoms with van der Waals surface area (Å²) < 4.78 is 3.25. The molecule has 0 saturated carbocycles. The van der Waals surface area contributed by atoms with Gasteiger partial charge in [-0.3, -0.25) is 0 Å². The van der Waals surface area contributed by atoms with Crippen LogP contribution in [0.2, 0.25) is 8.87 Å². The predicted octanol–water partition coefficient (Wildman–Crippen LogP) is 10.4. The number of carboxylic acid groups (broad SMARTS) is 2. The van der Waals surface area contributed by atoms with Gasteiger partial charge in [0.1, 0.15) is 0 Å². The Morgan fingerprint density at radius 2 is 0.568 bits per heavy atom. The summed E-state index contributed by atoms with van der Waals surface area (Å²) in [7, 11) is 0. The van der Waals surface area contributed by atoms with Crippen LogP contribution < -0.4 is 10.2 Å². The van der Waals surface area contributed by atoms with E-state index in [2.05, 4.69) is 27.7 Å². The van der Waals surface area contributed by atoms with E-state index in [1.807, 2.05) is 0 Å². The fourth-order valence-electron chi connectivity index (χ4n) is 4.95. The molecule has 0 rings (SSSR count). The minimum absolute atomic E-state index is 0. The van der Waals surface area contributed by atoms with E-state index in [9.17, 15) is 19.8 Å². The first-order valence-electron chi connectivity index (χ1n) is 19.1. The molecule has 0 aromatic rings. The van der Waals surface area contributed by atoms with E-state index in [0.29, 0.717) is 0 Å². The predicted molar refractivity (Wildman–Crippen MR) is 192 cm³/mol. The summed E-state index contributed by atoms with van der Waals surface area (Å²) >= 11 is 0.149. The molecule has 2 radical (unpaired) electrons. The summed E-state index contributed by atoms with van der Waals surface area (Å²) in [5.74, 6) is -1.81. The number of unbranched alkanes of at least 4 members (excludes halogenated alkanes) is 24. The third kappa shape index (κ3) is 62.2. The number of rotatable bonds is 32. The molecule has 0 aromatic heterocycles. The summed E-state index contributed by atoms with van der Waals surface area (Å²) in [6.45, 7) is 9.07. The Hall–Kier alpha value is 1.31. The molecular weight excluding hydrogens is 776 g/mol. The monoisotopic (exact) mass is 854 g/mol. The van der Waals surface area contributed by atoms with Gasteiger partial charge in [-0.2, -0.15) is 0 Å². The van der Waals surface area contributed by atoms with Crippen molar-refractivity contribution >= 4 is 82.0 Å². The van der Waals surface area contributed by atoms with E-state index in [4.69, 9.17) is 0 Å². The van der Waals surface area contributed by atoms with Crippen LogP contribution in [0, 0.1) is 0 Å². The first-order chi connectivity index (χ1) is 21.0. The number of aliphatic carboxylic acids is 2. The van der Waals surface area contributed by atoms with Gasteiger partial charge in [0, 0.05) is 11.9 Å². The van der Waals surface area contributed by atoms with Crippen LogP contribution in [0.3, 0.4) is 0 Å². The molecule has 0 aliphatic rings. The SMILES string of the molecule is CCCCCCCCCCCC(=O)[O-].CCCCCCCCCCCCCCCCCC(=O)[O-].CCC[CH2][Sn][CH2]CCC.[Ba+2]. The molecule has 0 atom stereocenters. The number of carbonyl (C=O) groups is 2. The van der Waals surface area contributed by atoms with Crippen molar-refractivity contribution in [1.29, 1.82) is 0 Å². The van der Waals surface area contributed by atoms with E-state index in [-0.39, 0.29) is 82.9 Å². The summed E-state index contributed by atoms with van der Waals surface area (Å²) in [6, 6.07) is 0. The first kappa shape index (κ1) is 52.1. The van der Waals surface area contributed by atoms with Crippen molar-refractivity contribution in [3.8, 4) is 0 Å². The third-order valence-electron chi connectivity index (χ3n) is 7.88. The Bertz CT molecular complexity index is 513. The molecule has 44 heavy (non-hydrogen) atoms. The van der Waals surface area contributed by atoms with Crippen LogP contribution in [0.15, 0.2) is 0 Å². The van der Waals surface area contributed by atoms with Crippen LogP contribution in [-0.2, 0) is 9.59 Å². The molecule has 0 spiro atoms. The molecular formula is C38H76BaO4Sn. The van der Waals surface area contributed by atoms with Crippen molar-refractivity contribution in [2.45, 2.75) is 229 Å². The average Bonchev–Trinajstić information content (AvgIpc) is 2.98. The maximum absolute atomic E-state index is 10.2. The quantitative estimate of drug-likeness (QED) is 0.0499. The Morgan fingerprint density at radius 3 is 0.773 bits per heavy atom. The number of carbonyl (C=O) groups excluding carboxylic acids is 2. The van der Waals surface area contributed by atoms with E-state index < -0.39 is 11.9 Å². The summed E-state index contributed by atoms with van der Waals surface area (Å²) in [5.41, 5.74) is 0. The Kier molecular flexibility index (Phi) is 60.6. The zero-order valence-corrected chi connectivity index (χ0v) is 37.8. The Labute approximate surface area is 327 Å². The van der Waals surface area contributed by atoms with Crippen LogP contribution in [0.4, 0.5) is 0 Å². The van der Waals surface area contributed by atoms with Crippen molar-refractivity contribution in [2.75, 3.05) is 0 Å². The molecule has 6 heteroatoms. The smallest absolute Gasteiger partial charge is 2.00 e. The first-order valence-corrected chi connectivity index (χ1v) is 23.1. The topological polar surface area (TPSA) is 80.3 Å². The average molecular weight is 853 g/mol. The Balaban J connectivity index is -0.000000291. The second-order valence-corrected chi connectivity index (χ2v) is 16.8. The molecule has 258 valence electrons. The minimum atomic E-state index is -0.909. The maximum atomic E-state index is 10.2. The van der Waals surface area contributed by atoms with Crippen LogP contribution in [-0.4, -0.2) is 82.0 Å². The molecule has 0 fully saturated rings. The molecule has 0 saturated heterocycles. The second kappa shape index (κ2) is 51.2. The van der Waals surface area contributed by atoms with Gasteiger partial charge in [-0.15, -0.1) is 0 Å². The second-order valence-electron chi connectivity index (χ2n) is 12.5. The van der Waals surface area contributed by atoms with Crippen LogP contribution in [0.5, 0.6) is 0 Å². The molecule has 0 aliphatic carbocycles. The summed E-state index contributed by atoms with van der Waals surface area (Å²) in [5, 5.41) is 20.3. The van der Waals surface area contributed by atoms with Crippen molar-refractivity contribution in [3.05, 3.63) is 0 Å². The minimum Gasteiger partial charge on any atom is 2.00 e. The van der Waals surface area contributed by atoms with Gasteiger partial charge in [0.25, 0.3) is 0 Å². The standard InChI is InChI=1S/C18H36O2.C12H24O2.2C4H9.Ba.Sn/c1-2-3-4-5-6-7-8-9-10-11-12-13-14-15-16-17-18(19)20;1-2-3-4-5-6-7-8-9-10-11-12(13)14;2*1-3-4-2;;/h2-17H2,1H3,(H,19,20);2-11H2,1H3,(H,13,14);2*1,3-4H2,2H3;;/q;;;;+2;/p-2. The number of hydrogen-bond acceptors (Lipinski definition) is 4. The fourth-order valence-corrected chi connectivity index (χ4v) is 9.11. The molecule has 0 aromatic carbocycles. The molecule has 0 amide bonds.